The highest BCUT2D eigenvalue weighted by atomic mass is 16.2. The second-order valence-electron chi connectivity index (χ2n) is 2.02. The minimum absolute atomic E-state index is 0.176. The molecule has 1 unspecified atom stereocenters. The second-order valence-corrected chi connectivity index (χ2v) is 2.02. The van der Waals surface area contributed by atoms with E-state index in [0.717, 1.165) is 0 Å². The molecule has 0 spiro atoms. The van der Waals surface area contributed by atoms with Gasteiger partial charge in [-0.25, -0.2) is 0 Å². The van der Waals surface area contributed by atoms with Crippen LogP contribution in [0.5, 0.6) is 0 Å². The van der Waals surface area contributed by atoms with Crippen LogP contribution >= 0.6 is 0 Å². The van der Waals surface area contributed by atoms with Crippen molar-refractivity contribution >= 4 is 11.9 Å². The Morgan fingerprint density at radius 1 is 1.73 bits per heavy atom. The molecule has 11 heavy (non-hydrogen) atoms. The van der Waals surface area contributed by atoms with Gasteiger partial charge in [0.05, 0.1) is 0 Å². The van der Waals surface area contributed by atoms with Crippen LogP contribution in [0.2, 0.25) is 0 Å². The number of hydrogen-bond acceptors (Lipinski definition) is 3. The van der Waals surface area contributed by atoms with Gasteiger partial charge in [-0.05, 0) is 0 Å². The van der Waals surface area contributed by atoms with Crippen LogP contribution in [-0.2, 0) is 4.79 Å². The van der Waals surface area contributed by atoms with E-state index in [2.05, 4.69) is 10.6 Å². The number of hydrogen-bond donors (Lipinski definition) is 5. The Morgan fingerprint density at radius 2 is 2.27 bits per heavy atom. The Balaban J connectivity index is 3.60. The highest BCUT2D eigenvalue weighted by Crippen LogP contribution is 1.73. The molecule has 7 N–H and O–H groups in total. The van der Waals surface area contributed by atoms with Gasteiger partial charge in [-0.15, -0.1) is 0 Å². The van der Waals surface area contributed by atoms with Gasteiger partial charge in [-0.1, -0.05) is 0 Å². The molecule has 0 aliphatic heterocycles. The van der Waals surface area contributed by atoms with Gasteiger partial charge in [0.2, 0.25) is 5.91 Å². The van der Waals surface area contributed by atoms with E-state index in [1.165, 1.54) is 7.05 Å². The van der Waals surface area contributed by atoms with Gasteiger partial charge in [0.1, 0.15) is 6.04 Å². The fourth-order valence-electron chi connectivity index (χ4n) is 0.498. The topological polar surface area (TPSA) is 117 Å². The van der Waals surface area contributed by atoms with Crippen molar-refractivity contribution in [1.29, 1.82) is 5.41 Å². The summed E-state index contributed by atoms with van der Waals surface area (Å²) in [5.41, 5.74) is 10.3. The first-order valence-electron chi connectivity index (χ1n) is 3.13. The zero-order valence-corrected chi connectivity index (χ0v) is 6.35. The van der Waals surface area contributed by atoms with Crippen LogP contribution in [0.15, 0.2) is 0 Å². The molecule has 0 aliphatic carbocycles. The lowest BCUT2D eigenvalue weighted by Gasteiger charge is -2.10. The van der Waals surface area contributed by atoms with E-state index < -0.39 is 6.04 Å². The number of guanidine groups is 1. The van der Waals surface area contributed by atoms with E-state index >= 15 is 0 Å². The van der Waals surface area contributed by atoms with Crippen LogP contribution in [-0.4, -0.2) is 31.5 Å². The number of amides is 1. The van der Waals surface area contributed by atoms with Crippen molar-refractivity contribution in [2.75, 3.05) is 13.6 Å². The molecule has 64 valence electrons. The lowest BCUT2D eigenvalue weighted by molar-refractivity contribution is -0.121. The summed E-state index contributed by atoms with van der Waals surface area (Å²) in [5.74, 6) is -0.469. The minimum Gasteiger partial charge on any atom is -0.370 e. The number of rotatable bonds is 3. The summed E-state index contributed by atoms with van der Waals surface area (Å²) in [6.07, 6.45) is 0. The van der Waals surface area contributed by atoms with Gasteiger partial charge >= 0.3 is 0 Å². The summed E-state index contributed by atoms with van der Waals surface area (Å²) in [6.45, 7) is 0.176. The Kier molecular flexibility index (Phi) is 3.97. The highest BCUT2D eigenvalue weighted by molar-refractivity contribution is 5.82. The summed E-state index contributed by atoms with van der Waals surface area (Å²) in [5, 5.41) is 11.6. The molecule has 0 fully saturated rings. The molecule has 0 saturated heterocycles. The quantitative estimate of drug-likeness (QED) is 0.232. The van der Waals surface area contributed by atoms with E-state index in [0.29, 0.717) is 0 Å². The molecule has 0 heterocycles. The summed E-state index contributed by atoms with van der Waals surface area (Å²) in [6, 6.07) is -0.663. The molecular weight excluding hydrogens is 146 g/mol. The van der Waals surface area contributed by atoms with E-state index in [1.807, 2.05) is 0 Å². The first-order chi connectivity index (χ1) is 5.07. The molecule has 0 saturated carbocycles. The van der Waals surface area contributed by atoms with Gasteiger partial charge in [0, 0.05) is 13.6 Å². The smallest absolute Gasteiger partial charge is 0.238 e. The molecule has 1 atom stereocenters. The van der Waals surface area contributed by atoms with Crippen molar-refractivity contribution in [1.82, 2.24) is 10.6 Å². The molecule has 0 aromatic rings. The molecule has 0 aliphatic rings. The van der Waals surface area contributed by atoms with Gasteiger partial charge in [-0.3, -0.25) is 10.2 Å². The van der Waals surface area contributed by atoms with Gasteiger partial charge in [-0.2, -0.15) is 0 Å². The zero-order chi connectivity index (χ0) is 8.85. The van der Waals surface area contributed by atoms with Crippen molar-refractivity contribution in [3.05, 3.63) is 0 Å². The first kappa shape index (κ1) is 9.70. The number of likely N-dealkylation sites (N-methyl/N-ethyl adjacent to an activating group) is 1. The largest absolute Gasteiger partial charge is 0.370 e. The molecule has 0 radical (unpaired) electrons. The lowest BCUT2D eigenvalue weighted by Crippen LogP contribution is -2.48. The minimum atomic E-state index is -0.663. The van der Waals surface area contributed by atoms with Crippen molar-refractivity contribution in [2.45, 2.75) is 6.04 Å². The van der Waals surface area contributed by atoms with Gasteiger partial charge in [0.25, 0.3) is 0 Å². The van der Waals surface area contributed by atoms with E-state index in [9.17, 15) is 4.79 Å². The Labute approximate surface area is 64.8 Å². The van der Waals surface area contributed by atoms with Gasteiger partial charge in [0.15, 0.2) is 5.96 Å². The second kappa shape index (κ2) is 4.51. The maximum absolute atomic E-state index is 10.7. The molecule has 0 aromatic heterocycles. The number of carbonyl (C=O) groups is 1. The molecule has 6 heteroatoms. The molecular formula is C5H13N5O. The number of nitrogens with two attached hydrogens (primary N) is 2. The van der Waals surface area contributed by atoms with Crippen LogP contribution < -0.4 is 22.1 Å². The fraction of sp³-hybridized carbons (Fsp3) is 0.600. The molecule has 1 amide bonds. The van der Waals surface area contributed by atoms with Gasteiger partial charge < -0.3 is 22.1 Å². The average molecular weight is 159 g/mol. The molecule has 0 bridgehead atoms. The maximum Gasteiger partial charge on any atom is 0.238 e. The fourth-order valence-corrected chi connectivity index (χ4v) is 0.498. The number of nitrogens with one attached hydrogen (secondary N) is 3. The molecule has 6 nitrogen and oxygen atoms in total. The SMILES string of the molecule is CNC(=O)C(N)CNC(=N)N. The first-order valence-corrected chi connectivity index (χ1v) is 3.13. The average Bonchev–Trinajstić information content (AvgIpc) is 1.98. The zero-order valence-electron chi connectivity index (χ0n) is 6.35. The van der Waals surface area contributed by atoms with Crippen LogP contribution in [0, 0.1) is 5.41 Å². The normalized spacial score (nSPS) is 11.8. The summed E-state index contributed by atoms with van der Waals surface area (Å²) in [4.78, 5) is 10.7. The Bertz CT molecular complexity index is 157. The highest BCUT2D eigenvalue weighted by Gasteiger charge is 2.09. The maximum atomic E-state index is 10.7. The Morgan fingerprint density at radius 3 is 2.64 bits per heavy atom. The van der Waals surface area contributed by atoms with Crippen molar-refractivity contribution < 1.29 is 4.79 Å². The third-order valence-corrected chi connectivity index (χ3v) is 1.10. The van der Waals surface area contributed by atoms with Crippen LogP contribution in [0.4, 0.5) is 0 Å². The predicted octanol–water partition coefficient (Wildman–Crippen LogP) is -2.46. The van der Waals surface area contributed by atoms with Crippen LogP contribution in [0.1, 0.15) is 0 Å². The predicted molar refractivity (Wildman–Crippen MR) is 42.0 cm³/mol. The third-order valence-electron chi connectivity index (χ3n) is 1.10. The third kappa shape index (κ3) is 4.15. The van der Waals surface area contributed by atoms with Crippen LogP contribution in [0.25, 0.3) is 0 Å². The number of carbonyl (C=O) groups excluding carboxylic acids is 1. The Hall–Kier alpha value is -1.30. The molecule has 0 rings (SSSR count). The van der Waals surface area contributed by atoms with Crippen LogP contribution in [0.3, 0.4) is 0 Å². The standard InChI is InChI=1S/C5H13N5O/c1-9-4(11)3(6)2-10-5(7)8/h3H,2,6H2,1H3,(H,9,11)(H4,7,8,10). The summed E-state index contributed by atoms with van der Waals surface area (Å²) >= 11 is 0. The van der Waals surface area contributed by atoms with Crippen molar-refractivity contribution in [2.24, 2.45) is 11.5 Å². The lowest BCUT2D eigenvalue weighted by atomic mass is 10.3. The molecule has 0 aromatic carbocycles. The van der Waals surface area contributed by atoms with E-state index in [1.54, 1.807) is 0 Å². The van der Waals surface area contributed by atoms with Crippen molar-refractivity contribution in [3.63, 3.8) is 0 Å². The summed E-state index contributed by atoms with van der Waals surface area (Å²) < 4.78 is 0. The van der Waals surface area contributed by atoms with E-state index in [4.69, 9.17) is 16.9 Å². The van der Waals surface area contributed by atoms with Crippen molar-refractivity contribution in [3.8, 4) is 0 Å². The van der Waals surface area contributed by atoms with E-state index in [-0.39, 0.29) is 18.4 Å². The monoisotopic (exact) mass is 159 g/mol. The summed E-state index contributed by atoms with van der Waals surface area (Å²) in [7, 11) is 1.50.